The van der Waals surface area contributed by atoms with E-state index < -0.39 is 0 Å². The zero-order valence-corrected chi connectivity index (χ0v) is 13.3. The summed E-state index contributed by atoms with van der Waals surface area (Å²) >= 11 is 7.75. The number of benzene rings is 1. The van der Waals surface area contributed by atoms with Crippen molar-refractivity contribution >= 4 is 28.8 Å². The molecule has 4 nitrogen and oxygen atoms in total. The van der Waals surface area contributed by atoms with Gasteiger partial charge in [0.25, 0.3) is 5.91 Å². The highest BCUT2D eigenvalue weighted by Gasteiger charge is 2.28. The van der Waals surface area contributed by atoms with Crippen molar-refractivity contribution in [3.8, 4) is 0 Å². The van der Waals surface area contributed by atoms with Gasteiger partial charge < -0.3 is 4.90 Å². The standard InChI is InChI=1S/C15H16ClN3OS/c1-10-17-18-14(21-10)11-5-4-8-19(9-11)15(20)12-6-2-3-7-13(12)16/h2-3,6-7,11H,4-5,8-9H2,1H3/t11-/m0/s1. The maximum absolute atomic E-state index is 12.6. The van der Waals surface area contributed by atoms with Crippen molar-refractivity contribution in [1.82, 2.24) is 15.1 Å². The molecular formula is C15H16ClN3OS. The molecule has 1 aliphatic heterocycles. The van der Waals surface area contributed by atoms with Crippen molar-refractivity contribution < 1.29 is 4.79 Å². The van der Waals surface area contributed by atoms with Crippen molar-refractivity contribution in [1.29, 1.82) is 0 Å². The lowest BCUT2D eigenvalue weighted by Crippen LogP contribution is -2.39. The van der Waals surface area contributed by atoms with Crippen LogP contribution < -0.4 is 0 Å². The van der Waals surface area contributed by atoms with E-state index in [1.165, 1.54) is 0 Å². The highest BCUT2D eigenvalue weighted by molar-refractivity contribution is 7.11. The number of rotatable bonds is 2. The largest absolute Gasteiger partial charge is 0.338 e. The van der Waals surface area contributed by atoms with Gasteiger partial charge in [0, 0.05) is 19.0 Å². The summed E-state index contributed by atoms with van der Waals surface area (Å²) in [5, 5.41) is 10.8. The summed E-state index contributed by atoms with van der Waals surface area (Å²) < 4.78 is 0. The molecule has 0 saturated carbocycles. The zero-order valence-electron chi connectivity index (χ0n) is 11.8. The van der Waals surface area contributed by atoms with Crippen LogP contribution in [0.25, 0.3) is 0 Å². The third-order valence-electron chi connectivity index (χ3n) is 3.70. The van der Waals surface area contributed by atoms with Gasteiger partial charge in [-0.1, -0.05) is 23.7 Å². The van der Waals surface area contributed by atoms with Gasteiger partial charge in [-0.3, -0.25) is 4.79 Å². The second-order valence-corrected chi connectivity index (χ2v) is 6.85. The van der Waals surface area contributed by atoms with E-state index in [-0.39, 0.29) is 11.8 Å². The Morgan fingerprint density at radius 3 is 2.90 bits per heavy atom. The van der Waals surface area contributed by atoms with Crippen LogP contribution in [0.15, 0.2) is 24.3 Å². The summed E-state index contributed by atoms with van der Waals surface area (Å²) in [6, 6.07) is 7.21. The van der Waals surface area contributed by atoms with E-state index in [1.54, 1.807) is 23.5 Å². The fraction of sp³-hybridized carbons (Fsp3) is 0.400. The second-order valence-electron chi connectivity index (χ2n) is 5.23. The minimum atomic E-state index is 0.00605. The van der Waals surface area contributed by atoms with E-state index in [0.717, 1.165) is 29.4 Å². The Hall–Kier alpha value is -1.46. The number of halogens is 1. The number of hydrogen-bond acceptors (Lipinski definition) is 4. The molecule has 0 radical (unpaired) electrons. The summed E-state index contributed by atoms with van der Waals surface area (Å²) in [6.07, 6.45) is 2.04. The minimum Gasteiger partial charge on any atom is -0.338 e. The van der Waals surface area contributed by atoms with Gasteiger partial charge in [0.05, 0.1) is 10.6 Å². The molecule has 1 aromatic heterocycles. The average Bonchev–Trinajstić information content (AvgIpc) is 2.94. The minimum absolute atomic E-state index is 0.00605. The smallest absolute Gasteiger partial charge is 0.255 e. The molecule has 0 aliphatic carbocycles. The molecule has 21 heavy (non-hydrogen) atoms. The average molecular weight is 322 g/mol. The molecule has 1 aromatic carbocycles. The number of carbonyl (C=O) groups excluding carboxylic acids is 1. The van der Waals surface area contributed by atoms with E-state index in [9.17, 15) is 4.79 Å². The van der Waals surface area contributed by atoms with Gasteiger partial charge in [-0.15, -0.1) is 21.5 Å². The number of aryl methyl sites for hydroxylation is 1. The topological polar surface area (TPSA) is 46.1 Å². The number of piperidine rings is 1. The summed E-state index contributed by atoms with van der Waals surface area (Å²) in [7, 11) is 0. The highest BCUT2D eigenvalue weighted by atomic mass is 35.5. The monoisotopic (exact) mass is 321 g/mol. The predicted molar refractivity (Wildman–Crippen MR) is 84.0 cm³/mol. The van der Waals surface area contributed by atoms with Gasteiger partial charge in [-0.25, -0.2) is 0 Å². The third-order valence-corrected chi connectivity index (χ3v) is 5.03. The lowest BCUT2D eigenvalue weighted by atomic mass is 9.98. The molecule has 110 valence electrons. The van der Waals surface area contributed by atoms with Crippen LogP contribution in [0.2, 0.25) is 5.02 Å². The van der Waals surface area contributed by atoms with Crippen LogP contribution in [0, 0.1) is 6.92 Å². The molecule has 1 aliphatic rings. The van der Waals surface area contributed by atoms with Crippen molar-refractivity contribution in [3.63, 3.8) is 0 Å². The first kappa shape index (κ1) is 14.5. The van der Waals surface area contributed by atoms with Gasteiger partial charge in [-0.2, -0.15) is 0 Å². The first-order valence-corrected chi connectivity index (χ1v) is 8.18. The Bertz CT molecular complexity index is 658. The Morgan fingerprint density at radius 1 is 1.38 bits per heavy atom. The first-order valence-electron chi connectivity index (χ1n) is 6.99. The van der Waals surface area contributed by atoms with Gasteiger partial charge in [-0.05, 0) is 31.9 Å². The molecule has 2 aromatic rings. The molecular weight excluding hydrogens is 306 g/mol. The number of amides is 1. The molecule has 0 bridgehead atoms. The first-order chi connectivity index (χ1) is 10.1. The molecule has 1 amide bonds. The van der Waals surface area contributed by atoms with Crippen molar-refractivity contribution in [2.75, 3.05) is 13.1 Å². The molecule has 1 atom stereocenters. The van der Waals surface area contributed by atoms with Crippen LogP contribution in [0.1, 0.15) is 39.1 Å². The Kier molecular flexibility index (Phi) is 4.22. The lowest BCUT2D eigenvalue weighted by molar-refractivity contribution is 0.0707. The molecule has 0 N–H and O–H groups in total. The number of aromatic nitrogens is 2. The summed E-state index contributed by atoms with van der Waals surface area (Å²) in [5.74, 6) is 0.294. The van der Waals surface area contributed by atoms with Gasteiger partial charge in [0.15, 0.2) is 0 Å². The van der Waals surface area contributed by atoms with E-state index in [4.69, 9.17) is 11.6 Å². The predicted octanol–water partition coefficient (Wildman–Crippen LogP) is 3.52. The maximum Gasteiger partial charge on any atom is 0.255 e. The molecule has 2 heterocycles. The van der Waals surface area contributed by atoms with Crippen molar-refractivity contribution in [2.24, 2.45) is 0 Å². The fourth-order valence-electron chi connectivity index (χ4n) is 2.65. The van der Waals surface area contributed by atoms with Gasteiger partial charge in [0.1, 0.15) is 10.0 Å². The molecule has 0 spiro atoms. The van der Waals surface area contributed by atoms with Crippen molar-refractivity contribution in [2.45, 2.75) is 25.7 Å². The number of nitrogens with zero attached hydrogens (tertiary/aromatic N) is 3. The van der Waals surface area contributed by atoms with E-state index >= 15 is 0 Å². The van der Waals surface area contributed by atoms with E-state index in [2.05, 4.69) is 10.2 Å². The maximum atomic E-state index is 12.6. The van der Waals surface area contributed by atoms with Crippen LogP contribution in [0.4, 0.5) is 0 Å². The van der Waals surface area contributed by atoms with Gasteiger partial charge in [0.2, 0.25) is 0 Å². The van der Waals surface area contributed by atoms with Crippen molar-refractivity contribution in [3.05, 3.63) is 44.9 Å². The Morgan fingerprint density at radius 2 is 2.19 bits per heavy atom. The summed E-state index contributed by atoms with van der Waals surface area (Å²) in [6.45, 7) is 3.42. The SMILES string of the molecule is Cc1nnc([C@H]2CCCN(C(=O)c3ccccc3Cl)C2)s1. The van der Waals surface area contributed by atoms with Gasteiger partial charge >= 0.3 is 0 Å². The third kappa shape index (κ3) is 3.09. The zero-order chi connectivity index (χ0) is 14.8. The van der Waals surface area contributed by atoms with E-state index in [1.807, 2.05) is 24.0 Å². The summed E-state index contributed by atoms with van der Waals surface area (Å²) in [5.41, 5.74) is 0.577. The second kappa shape index (κ2) is 6.12. The van der Waals surface area contributed by atoms with Crippen LogP contribution in [0.3, 0.4) is 0 Å². The number of carbonyl (C=O) groups is 1. The fourth-order valence-corrected chi connectivity index (χ4v) is 3.69. The highest BCUT2D eigenvalue weighted by Crippen LogP contribution is 2.30. The Labute approximate surface area is 132 Å². The normalized spacial score (nSPS) is 18.8. The summed E-state index contributed by atoms with van der Waals surface area (Å²) in [4.78, 5) is 14.5. The molecule has 1 fully saturated rings. The lowest BCUT2D eigenvalue weighted by Gasteiger charge is -2.31. The van der Waals surface area contributed by atoms with Crippen LogP contribution in [0.5, 0.6) is 0 Å². The van der Waals surface area contributed by atoms with Crippen LogP contribution in [-0.2, 0) is 0 Å². The number of likely N-dealkylation sites (tertiary alicyclic amines) is 1. The van der Waals surface area contributed by atoms with Crippen LogP contribution in [-0.4, -0.2) is 34.1 Å². The quantitative estimate of drug-likeness (QED) is 0.850. The van der Waals surface area contributed by atoms with E-state index in [0.29, 0.717) is 17.1 Å². The number of hydrogen-bond donors (Lipinski definition) is 0. The van der Waals surface area contributed by atoms with Crippen LogP contribution >= 0.6 is 22.9 Å². The Balaban J connectivity index is 1.77. The molecule has 0 unspecified atom stereocenters. The molecule has 6 heteroatoms. The molecule has 3 rings (SSSR count). The molecule has 1 saturated heterocycles.